The molecule has 12 heavy (non-hydrogen) atoms. The molecule has 64 valence electrons. The van der Waals surface area contributed by atoms with E-state index in [1.54, 1.807) is 6.07 Å². The van der Waals surface area contributed by atoms with Gasteiger partial charge in [-0.25, -0.2) is 4.99 Å². The van der Waals surface area contributed by atoms with Crippen molar-refractivity contribution in [3.05, 3.63) is 6.07 Å². The molecule has 0 radical (unpaired) electrons. The average molecular weight is 166 g/mol. The number of aliphatic imine (C=N–C) groups is 1. The molecule has 1 aliphatic heterocycles. The highest BCUT2D eigenvalue weighted by molar-refractivity contribution is 5.85. The van der Waals surface area contributed by atoms with E-state index in [0.717, 1.165) is 13.1 Å². The molecule has 0 atom stereocenters. The highest BCUT2D eigenvalue weighted by Gasteiger charge is 2.11. The molecule has 1 aromatic heterocycles. The number of nitrogen functional groups attached to an aromatic ring is 2. The Morgan fingerprint density at radius 1 is 1.50 bits per heavy atom. The third-order valence-electron chi connectivity index (χ3n) is 1.61. The first-order chi connectivity index (χ1) is 5.77. The van der Waals surface area contributed by atoms with E-state index in [1.807, 2.05) is 0 Å². The molecule has 0 saturated heterocycles. The largest absolute Gasteiger partial charge is 0.383 e. The van der Waals surface area contributed by atoms with Crippen molar-refractivity contribution < 1.29 is 0 Å². The van der Waals surface area contributed by atoms with Gasteiger partial charge in [0.2, 0.25) is 5.96 Å². The summed E-state index contributed by atoms with van der Waals surface area (Å²) in [6.45, 7) is 1.59. The second-order valence-corrected chi connectivity index (χ2v) is 2.54. The average Bonchev–Trinajstić information content (AvgIpc) is 2.58. The monoisotopic (exact) mass is 166 g/mol. The predicted molar refractivity (Wildman–Crippen MR) is 46.8 cm³/mol. The van der Waals surface area contributed by atoms with Crippen LogP contribution in [0.5, 0.6) is 0 Å². The van der Waals surface area contributed by atoms with E-state index in [9.17, 15) is 0 Å². The number of hydrogen-bond donors (Lipinski definition) is 3. The Kier molecular flexibility index (Phi) is 1.39. The lowest BCUT2D eigenvalue weighted by Gasteiger charge is -2.02. The van der Waals surface area contributed by atoms with E-state index < -0.39 is 0 Å². The quantitative estimate of drug-likeness (QED) is 0.454. The fraction of sp³-hybridized carbons (Fsp3) is 0.333. The molecular formula is C6H10N6. The minimum atomic E-state index is 0.406. The summed E-state index contributed by atoms with van der Waals surface area (Å²) in [5, 5.41) is 7.01. The van der Waals surface area contributed by atoms with Crippen molar-refractivity contribution in [3.63, 3.8) is 0 Å². The molecule has 0 fully saturated rings. The highest BCUT2D eigenvalue weighted by Crippen LogP contribution is 2.07. The lowest BCUT2D eigenvalue weighted by atomic mass is 10.6. The molecule has 2 rings (SSSR count). The van der Waals surface area contributed by atoms with Crippen LogP contribution in [0.2, 0.25) is 0 Å². The molecule has 0 aliphatic carbocycles. The number of aromatic nitrogens is 2. The van der Waals surface area contributed by atoms with Gasteiger partial charge in [0, 0.05) is 12.6 Å². The van der Waals surface area contributed by atoms with E-state index in [4.69, 9.17) is 11.5 Å². The van der Waals surface area contributed by atoms with E-state index in [0.29, 0.717) is 17.6 Å². The fourth-order valence-electron chi connectivity index (χ4n) is 1.11. The summed E-state index contributed by atoms with van der Waals surface area (Å²) < 4.78 is 1.50. The minimum absolute atomic E-state index is 0.406. The van der Waals surface area contributed by atoms with Crippen LogP contribution in [-0.2, 0) is 0 Å². The second-order valence-electron chi connectivity index (χ2n) is 2.54. The summed E-state index contributed by atoms with van der Waals surface area (Å²) in [5.74, 6) is 1.58. The summed E-state index contributed by atoms with van der Waals surface area (Å²) in [5.41, 5.74) is 11.1. The SMILES string of the molecule is Nc1cc(N)n(C2=NCCN2)n1. The number of hydrogen-bond acceptors (Lipinski definition) is 5. The molecule has 0 bridgehead atoms. The lowest BCUT2D eigenvalue weighted by molar-refractivity contribution is 0.885. The van der Waals surface area contributed by atoms with Crippen molar-refractivity contribution in [2.75, 3.05) is 24.6 Å². The van der Waals surface area contributed by atoms with Gasteiger partial charge in [0.05, 0.1) is 6.54 Å². The van der Waals surface area contributed by atoms with Crippen LogP contribution in [0.4, 0.5) is 11.6 Å². The van der Waals surface area contributed by atoms with Crippen molar-refractivity contribution in [1.82, 2.24) is 15.1 Å². The molecule has 0 aromatic carbocycles. The maximum Gasteiger partial charge on any atom is 0.221 e. The van der Waals surface area contributed by atoms with Gasteiger partial charge in [-0.15, -0.1) is 5.10 Å². The standard InChI is InChI=1S/C6H10N6/c7-4-3-5(8)12(11-4)6-9-1-2-10-6/h3H,1-2,8H2,(H2,7,11)(H,9,10). The molecular weight excluding hydrogens is 156 g/mol. The molecule has 0 spiro atoms. The molecule has 2 heterocycles. The zero-order valence-electron chi connectivity index (χ0n) is 6.49. The minimum Gasteiger partial charge on any atom is -0.383 e. The first-order valence-electron chi connectivity index (χ1n) is 3.67. The van der Waals surface area contributed by atoms with Crippen molar-refractivity contribution in [2.45, 2.75) is 0 Å². The van der Waals surface area contributed by atoms with Gasteiger partial charge in [0.1, 0.15) is 11.6 Å². The smallest absolute Gasteiger partial charge is 0.221 e. The van der Waals surface area contributed by atoms with Crippen LogP contribution < -0.4 is 16.8 Å². The van der Waals surface area contributed by atoms with Gasteiger partial charge in [-0.05, 0) is 0 Å². The molecule has 1 aliphatic rings. The fourth-order valence-corrected chi connectivity index (χ4v) is 1.11. The van der Waals surface area contributed by atoms with Crippen molar-refractivity contribution in [3.8, 4) is 0 Å². The van der Waals surface area contributed by atoms with Crippen LogP contribution in [0.1, 0.15) is 0 Å². The van der Waals surface area contributed by atoms with Gasteiger partial charge < -0.3 is 16.8 Å². The Bertz CT molecular complexity index is 325. The summed E-state index contributed by atoms with van der Waals surface area (Å²) in [4.78, 5) is 4.15. The van der Waals surface area contributed by atoms with Crippen LogP contribution in [0.3, 0.4) is 0 Å². The van der Waals surface area contributed by atoms with Gasteiger partial charge in [-0.1, -0.05) is 0 Å². The maximum atomic E-state index is 5.62. The number of nitrogens with one attached hydrogen (secondary N) is 1. The summed E-state index contributed by atoms with van der Waals surface area (Å²) in [7, 11) is 0. The van der Waals surface area contributed by atoms with Crippen molar-refractivity contribution in [1.29, 1.82) is 0 Å². The number of nitrogens with two attached hydrogens (primary N) is 2. The second kappa shape index (κ2) is 2.40. The van der Waals surface area contributed by atoms with Crippen LogP contribution in [-0.4, -0.2) is 28.8 Å². The topological polar surface area (TPSA) is 94.2 Å². The predicted octanol–water partition coefficient (Wildman–Crippen LogP) is -1.15. The van der Waals surface area contributed by atoms with E-state index in [1.165, 1.54) is 4.68 Å². The number of nitrogens with zero attached hydrogens (tertiary/aromatic N) is 3. The van der Waals surface area contributed by atoms with Gasteiger partial charge >= 0.3 is 0 Å². The number of rotatable bonds is 0. The molecule has 0 amide bonds. The molecule has 5 N–H and O–H groups in total. The van der Waals surface area contributed by atoms with E-state index >= 15 is 0 Å². The molecule has 6 heteroatoms. The zero-order chi connectivity index (χ0) is 8.55. The van der Waals surface area contributed by atoms with Crippen LogP contribution in [0.25, 0.3) is 0 Å². The summed E-state index contributed by atoms with van der Waals surface area (Å²) in [6, 6.07) is 1.60. The van der Waals surface area contributed by atoms with Gasteiger partial charge in [0.25, 0.3) is 0 Å². The summed E-state index contributed by atoms with van der Waals surface area (Å²) in [6.07, 6.45) is 0. The van der Waals surface area contributed by atoms with Crippen LogP contribution in [0, 0.1) is 0 Å². The molecule has 1 aromatic rings. The Labute approximate surface area is 69.3 Å². The lowest BCUT2D eigenvalue weighted by Crippen LogP contribution is -2.28. The Morgan fingerprint density at radius 3 is 2.83 bits per heavy atom. The first kappa shape index (κ1) is 6.96. The van der Waals surface area contributed by atoms with E-state index in [-0.39, 0.29) is 0 Å². The zero-order valence-corrected chi connectivity index (χ0v) is 6.49. The normalized spacial score (nSPS) is 15.8. The van der Waals surface area contributed by atoms with Crippen LogP contribution in [0.15, 0.2) is 11.1 Å². The van der Waals surface area contributed by atoms with Crippen molar-refractivity contribution >= 4 is 17.6 Å². The van der Waals surface area contributed by atoms with Gasteiger partial charge in [0.15, 0.2) is 0 Å². The number of anilines is 2. The van der Waals surface area contributed by atoms with Gasteiger partial charge in [-0.2, -0.15) is 4.68 Å². The molecule has 0 saturated carbocycles. The Balaban J connectivity index is 2.38. The summed E-state index contributed by atoms with van der Waals surface area (Å²) >= 11 is 0. The highest BCUT2D eigenvalue weighted by atomic mass is 15.4. The Morgan fingerprint density at radius 2 is 2.33 bits per heavy atom. The van der Waals surface area contributed by atoms with Crippen LogP contribution >= 0.6 is 0 Å². The third kappa shape index (κ3) is 0.969. The molecule has 0 unspecified atom stereocenters. The third-order valence-corrected chi connectivity index (χ3v) is 1.61. The Hall–Kier alpha value is -1.72. The van der Waals surface area contributed by atoms with Crippen molar-refractivity contribution in [2.24, 2.45) is 4.99 Å². The van der Waals surface area contributed by atoms with Gasteiger partial charge in [-0.3, -0.25) is 0 Å². The first-order valence-corrected chi connectivity index (χ1v) is 3.67. The molecule has 6 nitrogen and oxygen atoms in total. The van der Waals surface area contributed by atoms with E-state index in [2.05, 4.69) is 15.4 Å². The maximum absolute atomic E-state index is 5.62.